The number of rotatable bonds is 7. The number of thiocarbonyl (C=S) groups is 1. The molecule has 32 heavy (non-hydrogen) atoms. The SMILES string of the molecule is COCCCN1C(=S)N[C@@H](c2ccccn2)[C@@H]1c1cc(C)n(-c2cccc(Cl)c2C)c1C. The van der Waals surface area contributed by atoms with Gasteiger partial charge in [-0.05, 0) is 80.9 Å². The van der Waals surface area contributed by atoms with Crippen molar-refractivity contribution in [3.63, 3.8) is 0 Å². The quantitative estimate of drug-likeness (QED) is 0.368. The first-order chi connectivity index (χ1) is 15.4. The lowest BCUT2D eigenvalue weighted by Crippen LogP contribution is -2.31. The molecule has 5 nitrogen and oxygen atoms in total. The Kier molecular flexibility index (Phi) is 6.84. The van der Waals surface area contributed by atoms with Crippen molar-refractivity contribution in [2.24, 2.45) is 0 Å². The van der Waals surface area contributed by atoms with Crippen LogP contribution in [-0.4, -0.2) is 39.8 Å². The van der Waals surface area contributed by atoms with Gasteiger partial charge in [-0.1, -0.05) is 23.7 Å². The molecule has 7 heteroatoms. The maximum Gasteiger partial charge on any atom is 0.170 e. The molecule has 0 radical (unpaired) electrons. The predicted molar refractivity (Wildman–Crippen MR) is 134 cm³/mol. The Balaban J connectivity index is 1.82. The van der Waals surface area contributed by atoms with Gasteiger partial charge in [0.2, 0.25) is 0 Å². The minimum Gasteiger partial charge on any atom is -0.385 e. The van der Waals surface area contributed by atoms with E-state index in [4.69, 9.17) is 28.6 Å². The number of benzene rings is 1. The lowest BCUT2D eigenvalue weighted by molar-refractivity contribution is 0.180. The molecule has 2 aromatic heterocycles. The van der Waals surface area contributed by atoms with Crippen LogP contribution in [0.1, 0.15) is 46.7 Å². The molecule has 3 heterocycles. The highest BCUT2D eigenvalue weighted by molar-refractivity contribution is 7.80. The minimum atomic E-state index is -0.0272. The molecule has 3 aromatic rings. The molecule has 0 aliphatic carbocycles. The average molecular weight is 469 g/mol. The van der Waals surface area contributed by atoms with Crippen molar-refractivity contribution in [1.82, 2.24) is 19.8 Å². The van der Waals surface area contributed by atoms with E-state index in [0.29, 0.717) is 6.61 Å². The largest absolute Gasteiger partial charge is 0.385 e. The standard InChI is InChI=1S/C25H29ClN4OS/c1-16-15-19(18(3)30(16)22-11-7-9-20(26)17(22)2)24-23(21-10-5-6-12-27-21)28-25(32)29(24)13-8-14-31-4/h5-7,9-12,15,23-24H,8,13-14H2,1-4H3,(H,28,32)/t23-,24-/m0/s1. The van der Waals surface area contributed by atoms with Gasteiger partial charge in [0.25, 0.3) is 0 Å². The van der Waals surface area contributed by atoms with Gasteiger partial charge in [0.1, 0.15) is 0 Å². The van der Waals surface area contributed by atoms with Crippen LogP contribution in [0, 0.1) is 20.8 Å². The Hall–Kier alpha value is -2.41. The summed E-state index contributed by atoms with van der Waals surface area (Å²) in [5, 5.41) is 5.06. The normalized spacial score (nSPS) is 18.3. The minimum absolute atomic E-state index is 0.0272. The summed E-state index contributed by atoms with van der Waals surface area (Å²) < 4.78 is 7.59. The Bertz CT molecular complexity index is 1110. The Morgan fingerprint density at radius 2 is 1.97 bits per heavy atom. The number of halogens is 1. The van der Waals surface area contributed by atoms with E-state index in [2.05, 4.69) is 58.7 Å². The maximum absolute atomic E-state index is 6.45. The molecule has 0 amide bonds. The first-order valence-corrected chi connectivity index (χ1v) is 11.6. The van der Waals surface area contributed by atoms with Crippen LogP contribution in [0.3, 0.4) is 0 Å². The van der Waals surface area contributed by atoms with Crippen LogP contribution in [0.2, 0.25) is 5.02 Å². The fraction of sp³-hybridized carbons (Fsp3) is 0.360. The van der Waals surface area contributed by atoms with Crippen LogP contribution >= 0.6 is 23.8 Å². The molecule has 0 unspecified atom stereocenters. The smallest absolute Gasteiger partial charge is 0.170 e. The molecule has 1 saturated heterocycles. The third-order valence-electron chi connectivity index (χ3n) is 6.21. The molecule has 1 fully saturated rings. The number of ether oxygens (including phenoxy) is 1. The van der Waals surface area contributed by atoms with E-state index < -0.39 is 0 Å². The molecular weight excluding hydrogens is 440 g/mol. The molecule has 2 atom stereocenters. The fourth-order valence-corrected chi connectivity index (χ4v) is 5.16. The van der Waals surface area contributed by atoms with Gasteiger partial charge in [-0.25, -0.2) is 0 Å². The van der Waals surface area contributed by atoms with Crippen molar-refractivity contribution in [1.29, 1.82) is 0 Å². The molecule has 0 spiro atoms. The second kappa shape index (κ2) is 9.61. The van der Waals surface area contributed by atoms with Crippen LogP contribution < -0.4 is 5.32 Å². The molecule has 1 aliphatic heterocycles. The van der Waals surface area contributed by atoms with Crippen LogP contribution in [0.5, 0.6) is 0 Å². The fourth-order valence-electron chi connectivity index (χ4n) is 4.66. The van der Waals surface area contributed by atoms with E-state index in [1.807, 2.05) is 30.5 Å². The highest BCUT2D eigenvalue weighted by Gasteiger charge is 2.41. The first kappa shape index (κ1) is 22.8. The number of nitrogens with one attached hydrogen (secondary N) is 1. The third-order valence-corrected chi connectivity index (χ3v) is 6.98. The Morgan fingerprint density at radius 1 is 1.16 bits per heavy atom. The lowest BCUT2D eigenvalue weighted by atomic mass is 9.96. The first-order valence-electron chi connectivity index (χ1n) is 10.9. The highest BCUT2D eigenvalue weighted by atomic mass is 35.5. The number of hydrogen-bond donors (Lipinski definition) is 1. The number of hydrogen-bond acceptors (Lipinski definition) is 3. The lowest BCUT2D eigenvalue weighted by Gasteiger charge is -2.28. The van der Waals surface area contributed by atoms with Crippen molar-refractivity contribution < 1.29 is 4.74 Å². The summed E-state index contributed by atoms with van der Waals surface area (Å²) in [6.07, 6.45) is 2.74. The summed E-state index contributed by atoms with van der Waals surface area (Å²) in [6.45, 7) is 7.89. The predicted octanol–water partition coefficient (Wildman–Crippen LogP) is 5.46. The molecule has 1 N–H and O–H groups in total. The molecule has 168 valence electrons. The van der Waals surface area contributed by atoms with Crippen LogP contribution in [0.15, 0.2) is 48.7 Å². The van der Waals surface area contributed by atoms with Gasteiger partial charge in [-0.3, -0.25) is 4.98 Å². The number of methoxy groups -OCH3 is 1. The highest BCUT2D eigenvalue weighted by Crippen LogP contribution is 2.41. The summed E-state index contributed by atoms with van der Waals surface area (Å²) in [5.74, 6) is 0. The van der Waals surface area contributed by atoms with Crippen LogP contribution in [-0.2, 0) is 4.74 Å². The monoisotopic (exact) mass is 468 g/mol. The average Bonchev–Trinajstić information content (AvgIpc) is 3.26. The van der Waals surface area contributed by atoms with Crippen molar-refractivity contribution in [2.45, 2.75) is 39.3 Å². The second-order valence-electron chi connectivity index (χ2n) is 8.21. The van der Waals surface area contributed by atoms with Gasteiger partial charge in [-0.15, -0.1) is 0 Å². The molecule has 1 aliphatic rings. The number of aromatic nitrogens is 2. The zero-order valence-corrected chi connectivity index (χ0v) is 20.5. The second-order valence-corrected chi connectivity index (χ2v) is 9.01. The zero-order chi connectivity index (χ0) is 22.8. The Morgan fingerprint density at radius 3 is 2.69 bits per heavy atom. The van der Waals surface area contributed by atoms with Gasteiger partial charge in [-0.2, -0.15) is 0 Å². The van der Waals surface area contributed by atoms with Gasteiger partial charge in [0.15, 0.2) is 5.11 Å². The van der Waals surface area contributed by atoms with Crippen LogP contribution in [0.4, 0.5) is 0 Å². The molecule has 0 saturated carbocycles. The molecule has 0 bridgehead atoms. The van der Waals surface area contributed by atoms with E-state index in [0.717, 1.165) is 45.7 Å². The van der Waals surface area contributed by atoms with Gasteiger partial charge in [0.05, 0.1) is 17.8 Å². The van der Waals surface area contributed by atoms with Crippen molar-refractivity contribution >= 4 is 28.9 Å². The topological polar surface area (TPSA) is 42.3 Å². The number of pyridine rings is 1. The van der Waals surface area contributed by atoms with Gasteiger partial charge >= 0.3 is 0 Å². The van der Waals surface area contributed by atoms with E-state index >= 15 is 0 Å². The van der Waals surface area contributed by atoms with E-state index in [1.165, 1.54) is 11.3 Å². The van der Waals surface area contributed by atoms with Crippen molar-refractivity contribution in [3.8, 4) is 5.69 Å². The van der Waals surface area contributed by atoms with Crippen LogP contribution in [0.25, 0.3) is 5.69 Å². The van der Waals surface area contributed by atoms with Crippen molar-refractivity contribution in [3.05, 3.63) is 81.9 Å². The molecular formula is C25H29ClN4OS. The van der Waals surface area contributed by atoms with E-state index in [1.54, 1.807) is 7.11 Å². The van der Waals surface area contributed by atoms with Crippen molar-refractivity contribution in [2.75, 3.05) is 20.3 Å². The van der Waals surface area contributed by atoms with E-state index in [9.17, 15) is 0 Å². The summed E-state index contributed by atoms with van der Waals surface area (Å²) in [6, 6.07) is 14.4. The van der Waals surface area contributed by atoms with E-state index in [-0.39, 0.29) is 12.1 Å². The zero-order valence-electron chi connectivity index (χ0n) is 18.9. The summed E-state index contributed by atoms with van der Waals surface area (Å²) >= 11 is 12.2. The van der Waals surface area contributed by atoms with Gasteiger partial charge < -0.3 is 19.5 Å². The number of aryl methyl sites for hydroxylation is 1. The third kappa shape index (κ3) is 4.15. The maximum atomic E-state index is 6.45. The Labute approximate surface area is 200 Å². The summed E-state index contributed by atoms with van der Waals surface area (Å²) in [4.78, 5) is 6.93. The molecule has 1 aromatic carbocycles. The van der Waals surface area contributed by atoms with Gasteiger partial charge in [0, 0.05) is 48.6 Å². The number of nitrogens with zero attached hydrogens (tertiary/aromatic N) is 3. The molecule has 4 rings (SSSR count). The summed E-state index contributed by atoms with van der Waals surface area (Å²) in [7, 11) is 1.73. The summed E-state index contributed by atoms with van der Waals surface area (Å²) in [5.41, 5.74) is 6.74.